The molecule has 0 spiro atoms. The van der Waals surface area contributed by atoms with Crippen molar-refractivity contribution >= 4 is 5.97 Å². The van der Waals surface area contributed by atoms with Crippen LogP contribution in [0.1, 0.15) is 52.0 Å². The van der Waals surface area contributed by atoms with Gasteiger partial charge in [-0.25, -0.2) is 0 Å². The molecule has 1 aliphatic carbocycles. The number of aryl methyl sites for hydroxylation is 2. The summed E-state index contributed by atoms with van der Waals surface area (Å²) in [5, 5.41) is 12.5. The normalized spacial score (nSPS) is 13.6. The number of nitrogens with zero attached hydrogens (tertiary/aromatic N) is 2. The number of methoxy groups -OCH3 is 1. The summed E-state index contributed by atoms with van der Waals surface area (Å²) in [5.41, 5.74) is 3.44. The molecule has 1 aromatic heterocycles. The first-order chi connectivity index (χ1) is 13.1. The summed E-state index contributed by atoms with van der Waals surface area (Å²) >= 11 is 0. The van der Waals surface area contributed by atoms with Crippen molar-refractivity contribution in [2.24, 2.45) is 0 Å². The number of aliphatic carboxylic acids is 1. The molecule has 28 heavy (non-hydrogen) atoms. The van der Waals surface area contributed by atoms with Crippen molar-refractivity contribution in [2.75, 3.05) is 7.11 Å². The maximum Gasteiger partial charge on any atom is 0.435 e. The van der Waals surface area contributed by atoms with E-state index in [1.54, 1.807) is 14.0 Å². The molecule has 0 saturated carbocycles. The summed E-state index contributed by atoms with van der Waals surface area (Å²) in [7, 11) is 1.61. The number of alkyl halides is 3. The lowest BCUT2D eigenvalue weighted by molar-refractivity contribution is -0.142. The molecule has 0 atom stereocenters. The number of hydrogen-bond donors (Lipinski definition) is 1. The van der Waals surface area contributed by atoms with Crippen LogP contribution in [0.2, 0.25) is 0 Å². The van der Waals surface area contributed by atoms with Gasteiger partial charge < -0.3 is 9.84 Å². The van der Waals surface area contributed by atoms with Gasteiger partial charge in [-0.1, -0.05) is 6.07 Å². The largest absolute Gasteiger partial charge is 0.496 e. The van der Waals surface area contributed by atoms with E-state index in [-0.39, 0.29) is 24.9 Å². The Morgan fingerprint density at radius 2 is 1.96 bits per heavy atom. The molecule has 0 amide bonds. The third-order valence-electron chi connectivity index (χ3n) is 5.34. The van der Waals surface area contributed by atoms with Gasteiger partial charge in [0, 0.05) is 17.7 Å². The number of carbonyl (C=O) groups is 1. The Bertz CT molecular complexity index is 917. The van der Waals surface area contributed by atoms with E-state index >= 15 is 0 Å². The van der Waals surface area contributed by atoms with Crippen LogP contribution in [0.25, 0.3) is 0 Å². The zero-order chi connectivity index (χ0) is 20.6. The number of halogens is 3. The van der Waals surface area contributed by atoms with E-state index in [9.17, 15) is 18.0 Å². The molecule has 5 nitrogen and oxygen atoms in total. The molecule has 1 aromatic carbocycles. The third kappa shape index (κ3) is 3.72. The van der Waals surface area contributed by atoms with Gasteiger partial charge >= 0.3 is 12.1 Å². The van der Waals surface area contributed by atoms with E-state index in [4.69, 9.17) is 9.84 Å². The Balaban J connectivity index is 2.06. The molecule has 0 aliphatic heterocycles. The molecule has 0 saturated heterocycles. The summed E-state index contributed by atoms with van der Waals surface area (Å²) in [5.74, 6) is -0.255. The van der Waals surface area contributed by atoms with Crippen LogP contribution >= 0.6 is 0 Å². The van der Waals surface area contributed by atoms with Gasteiger partial charge in [0.15, 0.2) is 5.69 Å². The maximum atomic E-state index is 13.6. The van der Waals surface area contributed by atoms with E-state index in [0.29, 0.717) is 5.69 Å². The highest BCUT2D eigenvalue weighted by atomic mass is 19.4. The number of aromatic nitrogens is 2. The highest BCUT2D eigenvalue weighted by molar-refractivity contribution is 5.66. The van der Waals surface area contributed by atoms with Gasteiger partial charge in [-0.3, -0.25) is 9.48 Å². The second-order valence-corrected chi connectivity index (χ2v) is 7.15. The van der Waals surface area contributed by atoms with E-state index in [1.807, 2.05) is 13.0 Å². The van der Waals surface area contributed by atoms with Crippen molar-refractivity contribution in [1.29, 1.82) is 0 Å². The number of fused-ring (bicyclic) bond motifs is 1. The Morgan fingerprint density at radius 1 is 1.29 bits per heavy atom. The highest BCUT2D eigenvalue weighted by Gasteiger charge is 2.38. The summed E-state index contributed by atoms with van der Waals surface area (Å²) in [6, 6.07) is 1.90. The van der Waals surface area contributed by atoms with E-state index in [0.717, 1.165) is 51.9 Å². The van der Waals surface area contributed by atoms with Gasteiger partial charge in [0.1, 0.15) is 5.75 Å². The van der Waals surface area contributed by atoms with Crippen LogP contribution in [0.3, 0.4) is 0 Å². The number of carboxylic acid groups (broad SMARTS) is 1. The average Bonchev–Trinajstić information content (AvgIpc) is 3.19. The van der Waals surface area contributed by atoms with Gasteiger partial charge in [-0.05, 0) is 55.4 Å². The molecular weight excluding hydrogens is 373 g/mol. The average molecular weight is 396 g/mol. The maximum absolute atomic E-state index is 13.6. The summed E-state index contributed by atoms with van der Waals surface area (Å²) in [4.78, 5) is 10.8. The second kappa shape index (κ2) is 7.48. The lowest BCUT2D eigenvalue weighted by Crippen LogP contribution is -2.11. The minimum absolute atomic E-state index is 0.0933. The fraction of sp³-hybridized carbons (Fsp3) is 0.500. The molecule has 0 bridgehead atoms. The van der Waals surface area contributed by atoms with Gasteiger partial charge in [-0.15, -0.1) is 0 Å². The zero-order valence-corrected chi connectivity index (χ0v) is 16.1. The van der Waals surface area contributed by atoms with E-state index < -0.39 is 17.8 Å². The zero-order valence-electron chi connectivity index (χ0n) is 16.1. The molecular formula is C20H23F3N2O3. The van der Waals surface area contributed by atoms with Gasteiger partial charge in [0.2, 0.25) is 0 Å². The van der Waals surface area contributed by atoms with Crippen LogP contribution in [-0.4, -0.2) is 28.0 Å². The summed E-state index contributed by atoms with van der Waals surface area (Å²) < 4.78 is 47.5. The fourth-order valence-corrected chi connectivity index (χ4v) is 4.07. The quantitative estimate of drug-likeness (QED) is 0.799. The van der Waals surface area contributed by atoms with Gasteiger partial charge in [0.05, 0.1) is 20.1 Å². The van der Waals surface area contributed by atoms with Crippen molar-refractivity contribution in [2.45, 2.75) is 58.7 Å². The van der Waals surface area contributed by atoms with Crippen LogP contribution < -0.4 is 4.74 Å². The Kier molecular flexibility index (Phi) is 5.41. The second-order valence-electron chi connectivity index (χ2n) is 7.15. The molecule has 0 fully saturated rings. The van der Waals surface area contributed by atoms with Crippen molar-refractivity contribution in [3.63, 3.8) is 0 Å². The molecule has 8 heteroatoms. The Labute approximate surface area is 161 Å². The number of ether oxygens (including phenoxy) is 1. The number of benzene rings is 1. The monoisotopic (exact) mass is 396 g/mol. The van der Waals surface area contributed by atoms with Crippen molar-refractivity contribution in [3.05, 3.63) is 45.3 Å². The van der Waals surface area contributed by atoms with Crippen LogP contribution in [0, 0.1) is 13.8 Å². The Hall–Kier alpha value is -2.51. The lowest BCUT2D eigenvalue weighted by Gasteiger charge is -2.16. The van der Waals surface area contributed by atoms with E-state index in [2.05, 4.69) is 5.10 Å². The number of hydrogen-bond acceptors (Lipinski definition) is 3. The van der Waals surface area contributed by atoms with E-state index in [1.165, 1.54) is 0 Å². The molecule has 152 valence electrons. The first kappa shape index (κ1) is 20.2. The minimum atomic E-state index is -4.60. The van der Waals surface area contributed by atoms with Crippen LogP contribution in [0.5, 0.6) is 5.75 Å². The SMILES string of the molecule is COc1c(C)cc(Cc2c(C(F)(F)F)nn(CCC(=O)O)c2C)c2c1CCC2. The fourth-order valence-electron chi connectivity index (χ4n) is 4.07. The topological polar surface area (TPSA) is 64.4 Å². The van der Waals surface area contributed by atoms with Crippen LogP contribution in [-0.2, 0) is 36.8 Å². The third-order valence-corrected chi connectivity index (χ3v) is 5.34. The number of rotatable bonds is 6. The highest BCUT2D eigenvalue weighted by Crippen LogP contribution is 2.39. The smallest absolute Gasteiger partial charge is 0.435 e. The summed E-state index contributed by atoms with van der Waals surface area (Å²) in [6.45, 7) is 3.37. The minimum Gasteiger partial charge on any atom is -0.496 e. The predicted molar refractivity (Wildman–Crippen MR) is 96.8 cm³/mol. The first-order valence-corrected chi connectivity index (χ1v) is 9.17. The van der Waals surface area contributed by atoms with Crippen LogP contribution in [0.4, 0.5) is 13.2 Å². The molecule has 1 N–H and O–H groups in total. The molecule has 3 rings (SSSR count). The van der Waals surface area contributed by atoms with Crippen molar-refractivity contribution in [1.82, 2.24) is 9.78 Å². The first-order valence-electron chi connectivity index (χ1n) is 9.17. The predicted octanol–water partition coefficient (Wildman–Crippen LogP) is 4.08. The van der Waals surface area contributed by atoms with Crippen molar-refractivity contribution < 1.29 is 27.8 Å². The van der Waals surface area contributed by atoms with Crippen molar-refractivity contribution in [3.8, 4) is 5.75 Å². The molecule has 2 aromatic rings. The lowest BCUT2D eigenvalue weighted by atomic mass is 9.93. The molecule has 1 aliphatic rings. The van der Waals surface area contributed by atoms with Gasteiger partial charge in [0.25, 0.3) is 0 Å². The molecule has 0 unspecified atom stereocenters. The van der Waals surface area contributed by atoms with Crippen LogP contribution in [0.15, 0.2) is 6.07 Å². The molecule has 1 heterocycles. The Morgan fingerprint density at radius 3 is 2.57 bits per heavy atom. The number of carboxylic acids is 1. The summed E-state index contributed by atoms with van der Waals surface area (Å²) in [6.07, 6.45) is -2.15. The van der Waals surface area contributed by atoms with Gasteiger partial charge in [-0.2, -0.15) is 18.3 Å². The molecule has 0 radical (unpaired) electrons. The standard InChI is InChI=1S/C20H23F3N2O3/c1-11-9-13(14-5-4-6-15(14)18(11)28-3)10-16-12(2)25(8-7-17(26)27)24-19(16)20(21,22)23/h9H,4-8,10H2,1-3H3,(H,26,27).